The number of rotatable bonds is 1. The maximum atomic E-state index is 5.40. The Morgan fingerprint density at radius 1 is 1.15 bits per heavy atom. The van der Waals surface area contributed by atoms with Gasteiger partial charge < -0.3 is 10.9 Å². The first-order valence-electron chi connectivity index (χ1n) is 4.12. The summed E-state index contributed by atoms with van der Waals surface area (Å²) in [5, 5.41) is 0. The molecule has 74 valence electrons. The van der Waals surface area contributed by atoms with E-state index in [1.165, 1.54) is 5.56 Å². The molecule has 0 radical (unpaired) electrons. The zero-order valence-corrected chi connectivity index (χ0v) is 8.39. The fourth-order valence-electron chi connectivity index (χ4n) is 1.26. The first kappa shape index (κ1) is 11.9. The minimum atomic E-state index is 0. The molecule has 0 aromatic heterocycles. The summed E-state index contributed by atoms with van der Waals surface area (Å²) in [5.74, 6) is 5.40. The number of nitrogens with two attached hydrogens (primary N) is 1. The van der Waals surface area contributed by atoms with Gasteiger partial charge in [0.25, 0.3) is 0 Å². The van der Waals surface area contributed by atoms with E-state index >= 15 is 0 Å². The molecule has 0 saturated carbocycles. The smallest absolute Gasteiger partial charge is 0.0522 e. The highest BCUT2D eigenvalue weighted by Gasteiger charge is 2.16. The second-order valence-corrected chi connectivity index (χ2v) is 3.94. The van der Waals surface area contributed by atoms with Gasteiger partial charge in [0, 0.05) is 0 Å². The Morgan fingerprint density at radius 3 is 2.08 bits per heavy atom. The van der Waals surface area contributed by atoms with Gasteiger partial charge in [0.1, 0.15) is 0 Å². The van der Waals surface area contributed by atoms with E-state index in [1.54, 1.807) is 0 Å². The van der Waals surface area contributed by atoms with Crippen LogP contribution in [0.2, 0.25) is 0 Å². The van der Waals surface area contributed by atoms with Crippen molar-refractivity contribution in [2.75, 3.05) is 5.43 Å². The number of para-hydroxylation sites is 1. The predicted octanol–water partition coefficient (Wildman–Crippen LogP) is 1.44. The average molecular weight is 182 g/mol. The SMILES string of the molecule is CC(C)(C)c1ccccc1NN.O. The van der Waals surface area contributed by atoms with Crippen LogP contribution in [0.3, 0.4) is 0 Å². The predicted molar refractivity (Wildman–Crippen MR) is 56.6 cm³/mol. The van der Waals surface area contributed by atoms with Crippen molar-refractivity contribution in [1.82, 2.24) is 0 Å². The van der Waals surface area contributed by atoms with Crippen LogP contribution in [-0.2, 0) is 5.41 Å². The van der Waals surface area contributed by atoms with Crippen molar-refractivity contribution in [2.24, 2.45) is 5.84 Å². The van der Waals surface area contributed by atoms with E-state index in [9.17, 15) is 0 Å². The van der Waals surface area contributed by atoms with Crippen molar-refractivity contribution in [3.63, 3.8) is 0 Å². The minimum absolute atomic E-state index is 0. The van der Waals surface area contributed by atoms with Gasteiger partial charge in [0.05, 0.1) is 5.69 Å². The highest BCUT2D eigenvalue weighted by Crippen LogP contribution is 2.28. The molecule has 0 unspecified atom stereocenters. The zero-order valence-electron chi connectivity index (χ0n) is 8.39. The van der Waals surface area contributed by atoms with Crippen LogP contribution < -0.4 is 11.3 Å². The van der Waals surface area contributed by atoms with Crippen LogP contribution >= 0.6 is 0 Å². The van der Waals surface area contributed by atoms with Gasteiger partial charge in [-0.2, -0.15) is 0 Å². The van der Waals surface area contributed by atoms with Gasteiger partial charge in [-0.25, -0.2) is 0 Å². The van der Waals surface area contributed by atoms with E-state index < -0.39 is 0 Å². The van der Waals surface area contributed by atoms with Crippen molar-refractivity contribution in [3.8, 4) is 0 Å². The topological polar surface area (TPSA) is 69.5 Å². The molecule has 0 fully saturated rings. The molecule has 0 aliphatic rings. The maximum Gasteiger partial charge on any atom is 0.0522 e. The lowest BCUT2D eigenvalue weighted by atomic mass is 9.86. The number of hydrogen-bond acceptors (Lipinski definition) is 2. The third-order valence-electron chi connectivity index (χ3n) is 1.89. The number of nitrogens with one attached hydrogen (secondary N) is 1. The monoisotopic (exact) mass is 182 g/mol. The lowest BCUT2D eigenvalue weighted by Crippen LogP contribution is -2.17. The zero-order chi connectivity index (χ0) is 9.19. The Morgan fingerprint density at radius 2 is 1.69 bits per heavy atom. The fraction of sp³-hybridized carbons (Fsp3) is 0.400. The van der Waals surface area contributed by atoms with Crippen molar-refractivity contribution in [1.29, 1.82) is 0 Å². The summed E-state index contributed by atoms with van der Waals surface area (Å²) in [5.41, 5.74) is 5.09. The van der Waals surface area contributed by atoms with E-state index in [4.69, 9.17) is 5.84 Å². The van der Waals surface area contributed by atoms with Gasteiger partial charge in [0.15, 0.2) is 0 Å². The Kier molecular flexibility index (Phi) is 3.91. The largest absolute Gasteiger partial charge is 0.412 e. The molecule has 0 aliphatic carbocycles. The molecule has 3 nitrogen and oxygen atoms in total. The third kappa shape index (κ3) is 2.72. The first-order chi connectivity index (χ1) is 5.55. The van der Waals surface area contributed by atoms with Gasteiger partial charge in [0.2, 0.25) is 0 Å². The second-order valence-electron chi connectivity index (χ2n) is 3.94. The molecule has 0 aliphatic heterocycles. The number of benzene rings is 1. The van der Waals surface area contributed by atoms with E-state index in [0.29, 0.717) is 0 Å². The van der Waals surface area contributed by atoms with Crippen LogP contribution in [0.15, 0.2) is 24.3 Å². The molecular formula is C10H18N2O. The molecule has 1 aromatic rings. The lowest BCUT2D eigenvalue weighted by Gasteiger charge is -2.22. The van der Waals surface area contributed by atoms with E-state index in [-0.39, 0.29) is 10.9 Å². The Hall–Kier alpha value is -1.06. The van der Waals surface area contributed by atoms with Crippen LogP contribution in [0.25, 0.3) is 0 Å². The third-order valence-corrected chi connectivity index (χ3v) is 1.89. The average Bonchev–Trinajstić information content (AvgIpc) is 2.03. The van der Waals surface area contributed by atoms with E-state index in [0.717, 1.165) is 5.69 Å². The Labute approximate surface area is 79.2 Å². The molecule has 0 amide bonds. The van der Waals surface area contributed by atoms with Crippen LogP contribution in [-0.4, -0.2) is 5.48 Å². The summed E-state index contributed by atoms with van der Waals surface area (Å²) < 4.78 is 0. The number of anilines is 1. The van der Waals surface area contributed by atoms with E-state index in [2.05, 4.69) is 32.3 Å². The molecule has 1 rings (SSSR count). The standard InChI is InChI=1S/C10H16N2.H2O/c1-10(2,3)8-6-4-5-7-9(8)12-11;/h4-7,12H,11H2,1-3H3;1H2. The molecule has 0 spiro atoms. The van der Waals surface area contributed by atoms with Gasteiger partial charge in [-0.1, -0.05) is 39.0 Å². The second kappa shape index (κ2) is 4.25. The van der Waals surface area contributed by atoms with Crippen LogP contribution in [0.5, 0.6) is 0 Å². The molecular weight excluding hydrogens is 164 g/mol. The van der Waals surface area contributed by atoms with Crippen molar-refractivity contribution < 1.29 is 5.48 Å². The summed E-state index contributed by atoms with van der Waals surface area (Å²) in [6, 6.07) is 8.08. The highest BCUT2D eigenvalue weighted by atomic mass is 16.0. The summed E-state index contributed by atoms with van der Waals surface area (Å²) in [4.78, 5) is 0. The normalized spacial score (nSPS) is 10.5. The van der Waals surface area contributed by atoms with Crippen molar-refractivity contribution in [3.05, 3.63) is 29.8 Å². The maximum absolute atomic E-state index is 5.40. The minimum Gasteiger partial charge on any atom is -0.412 e. The number of hydrazine groups is 1. The van der Waals surface area contributed by atoms with Crippen LogP contribution in [0.4, 0.5) is 5.69 Å². The highest BCUT2D eigenvalue weighted by molar-refractivity contribution is 5.52. The molecule has 3 heteroatoms. The summed E-state index contributed by atoms with van der Waals surface area (Å²) in [6.45, 7) is 6.51. The fourth-order valence-corrected chi connectivity index (χ4v) is 1.26. The van der Waals surface area contributed by atoms with Crippen LogP contribution in [0, 0.1) is 0 Å². The number of nitrogen functional groups attached to an aromatic ring is 1. The summed E-state index contributed by atoms with van der Waals surface area (Å²) in [6.07, 6.45) is 0. The molecule has 13 heavy (non-hydrogen) atoms. The van der Waals surface area contributed by atoms with Crippen LogP contribution in [0.1, 0.15) is 26.3 Å². The van der Waals surface area contributed by atoms with Gasteiger partial charge in [-0.05, 0) is 17.0 Å². The molecule has 5 N–H and O–H groups in total. The first-order valence-corrected chi connectivity index (χ1v) is 4.12. The molecule has 0 heterocycles. The molecule has 0 atom stereocenters. The van der Waals surface area contributed by atoms with E-state index in [1.807, 2.05) is 18.2 Å². The Balaban J connectivity index is 0.00000144. The summed E-state index contributed by atoms with van der Waals surface area (Å²) in [7, 11) is 0. The van der Waals surface area contributed by atoms with Crippen molar-refractivity contribution in [2.45, 2.75) is 26.2 Å². The molecule has 0 saturated heterocycles. The lowest BCUT2D eigenvalue weighted by molar-refractivity contribution is 0.592. The van der Waals surface area contributed by atoms with Gasteiger partial charge >= 0.3 is 0 Å². The summed E-state index contributed by atoms with van der Waals surface area (Å²) >= 11 is 0. The quantitative estimate of drug-likeness (QED) is 0.509. The number of hydrogen-bond donors (Lipinski definition) is 2. The van der Waals surface area contributed by atoms with Gasteiger partial charge in [-0.15, -0.1) is 0 Å². The Bertz CT molecular complexity index is 266. The molecule has 1 aromatic carbocycles. The molecule has 0 bridgehead atoms. The van der Waals surface area contributed by atoms with Crippen molar-refractivity contribution >= 4 is 5.69 Å². The van der Waals surface area contributed by atoms with Gasteiger partial charge in [-0.3, -0.25) is 5.84 Å².